The Labute approximate surface area is 216 Å². The van der Waals surface area contributed by atoms with Gasteiger partial charge in [0, 0.05) is 42.2 Å². The van der Waals surface area contributed by atoms with Crippen LogP contribution in [0.5, 0.6) is 0 Å². The SMILES string of the molecule is Cc1cc(Nc2ncc3c(=N)n(-c4c(Cl)cccc4Cl)c(=O)[nH]c3n2)cc2c1NC[C@H]1CCCO[C@@H]21. The molecule has 0 bridgehead atoms. The molecule has 0 spiro atoms. The zero-order chi connectivity index (χ0) is 25.0. The average molecular weight is 524 g/mol. The number of anilines is 3. The standard InChI is InChI=1S/C25H23Cl2N7O2/c1-12-8-14(9-15-19(12)29-10-13-4-3-7-36-21(13)15)31-24-30-11-16-22(28)34(25(35)33-23(16)32-24)20-17(26)5-2-6-18(20)27/h2,5-6,8-9,11,13,21,28-29H,3-4,7,10H2,1H3,(H2,30,31,32,33,35)/t13-,21-/m1/s1. The molecule has 0 aliphatic carbocycles. The van der Waals surface area contributed by atoms with Crippen molar-refractivity contribution in [1.29, 1.82) is 5.41 Å². The Morgan fingerprint density at radius 2 is 2.06 bits per heavy atom. The molecule has 2 aromatic carbocycles. The van der Waals surface area contributed by atoms with Crippen molar-refractivity contribution in [3.63, 3.8) is 0 Å². The average Bonchev–Trinajstić information content (AvgIpc) is 2.85. The maximum atomic E-state index is 12.9. The molecule has 2 aliphatic heterocycles. The molecule has 2 atom stereocenters. The van der Waals surface area contributed by atoms with Crippen molar-refractivity contribution >= 4 is 51.6 Å². The Kier molecular flexibility index (Phi) is 5.70. The van der Waals surface area contributed by atoms with Crippen molar-refractivity contribution in [2.24, 2.45) is 5.92 Å². The molecular formula is C25H23Cl2N7O2. The smallest absolute Gasteiger partial charge is 0.333 e. The van der Waals surface area contributed by atoms with Crippen LogP contribution in [0.3, 0.4) is 0 Å². The number of aromatic amines is 1. The first-order chi connectivity index (χ1) is 17.4. The van der Waals surface area contributed by atoms with Gasteiger partial charge in [-0.3, -0.25) is 10.4 Å². The molecule has 1 fully saturated rings. The van der Waals surface area contributed by atoms with Gasteiger partial charge in [0.25, 0.3) is 0 Å². The number of benzene rings is 2. The minimum Gasteiger partial charge on any atom is -0.384 e. The molecule has 4 heterocycles. The van der Waals surface area contributed by atoms with E-state index in [1.807, 2.05) is 6.07 Å². The Morgan fingerprint density at radius 3 is 2.86 bits per heavy atom. The summed E-state index contributed by atoms with van der Waals surface area (Å²) in [5, 5.41) is 16.3. The van der Waals surface area contributed by atoms with E-state index in [4.69, 9.17) is 33.3 Å². The number of nitrogens with one attached hydrogen (secondary N) is 4. The van der Waals surface area contributed by atoms with Gasteiger partial charge in [0.05, 0.1) is 27.2 Å². The number of hydrogen-bond donors (Lipinski definition) is 4. The number of aryl methyl sites for hydroxylation is 1. The summed E-state index contributed by atoms with van der Waals surface area (Å²) in [6.07, 6.45) is 3.79. The third-order valence-corrected chi connectivity index (χ3v) is 7.38. The number of hydrogen-bond acceptors (Lipinski definition) is 7. The first kappa shape index (κ1) is 23.0. The molecule has 184 valence electrons. The van der Waals surface area contributed by atoms with Gasteiger partial charge >= 0.3 is 5.69 Å². The minimum atomic E-state index is -0.580. The summed E-state index contributed by atoms with van der Waals surface area (Å²) >= 11 is 12.6. The fourth-order valence-electron chi connectivity index (χ4n) is 5.12. The van der Waals surface area contributed by atoms with Crippen LogP contribution in [0.4, 0.5) is 17.3 Å². The highest BCUT2D eigenvalue weighted by Gasteiger charge is 2.33. The number of aromatic nitrogens is 4. The lowest BCUT2D eigenvalue weighted by atomic mass is 9.84. The Bertz CT molecular complexity index is 1610. The summed E-state index contributed by atoms with van der Waals surface area (Å²) in [6, 6.07) is 8.99. The van der Waals surface area contributed by atoms with Crippen molar-refractivity contribution in [2.45, 2.75) is 25.9 Å². The largest absolute Gasteiger partial charge is 0.384 e. The Balaban J connectivity index is 1.38. The van der Waals surface area contributed by atoms with Gasteiger partial charge in [-0.2, -0.15) is 4.98 Å². The molecule has 4 N–H and O–H groups in total. The van der Waals surface area contributed by atoms with Gasteiger partial charge in [-0.1, -0.05) is 29.3 Å². The van der Waals surface area contributed by atoms with Gasteiger partial charge < -0.3 is 15.4 Å². The second kappa shape index (κ2) is 8.92. The van der Waals surface area contributed by atoms with Crippen molar-refractivity contribution in [1.82, 2.24) is 19.5 Å². The minimum absolute atomic E-state index is 0.0716. The number of halogens is 2. The van der Waals surface area contributed by atoms with Gasteiger partial charge in [-0.25, -0.2) is 14.3 Å². The number of para-hydroxylation sites is 1. The van der Waals surface area contributed by atoms with Gasteiger partial charge in [-0.05, 0) is 49.6 Å². The highest BCUT2D eigenvalue weighted by molar-refractivity contribution is 6.37. The molecule has 0 saturated carbocycles. The van der Waals surface area contributed by atoms with E-state index in [0.29, 0.717) is 17.3 Å². The van der Waals surface area contributed by atoms with Gasteiger partial charge in [0.2, 0.25) is 5.95 Å². The van der Waals surface area contributed by atoms with E-state index in [1.54, 1.807) is 18.2 Å². The van der Waals surface area contributed by atoms with Crippen LogP contribution in [-0.4, -0.2) is 32.7 Å². The van der Waals surface area contributed by atoms with E-state index in [2.05, 4.69) is 38.6 Å². The number of H-pyrrole nitrogens is 1. The summed E-state index contributed by atoms with van der Waals surface area (Å²) in [5.74, 6) is 0.756. The van der Waals surface area contributed by atoms with Crippen LogP contribution in [0.15, 0.2) is 41.3 Å². The molecule has 11 heteroatoms. The quantitative estimate of drug-likeness (QED) is 0.305. The van der Waals surface area contributed by atoms with E-state index in [0.717, 1.165) is 53.1 Å². The summed E-state index contributed by atoms with van der Waals surface area (Å²) < 4.78 is 7.25. The molecule has 9 nitrogen and oxygen atoms in total. The monoisotopic (exact) mass is 523 g/mol. The van der Waals surface area contributed by atoms with Gasteiger partial charge in [-0.15, -0.1) is 0 Å². The lowest BCUT2D eigenvalue weighted by Gasteiger charge is -2.38. The summed E-state index contributed by atoms with van der Waals surface area (Å²) in [5.41, 5.74) is 3.94. The number of fused-ring (bicyclic) bond motifs is 4. The molecular weight excluding hydrogens is 501 g/mol. The molecule has 2 aliphatic rings. The molecule has 4 aromatic rings. The first-order valence-electron chi connectivity index (χ1n) is 11.7. The first-order valence-corrected chi connectivity index (χ1v) is 12.4. The van der Waals surface area contributed by atoms with Crippen LogP contribution in [0.25, 0.3) is 16.7 Å². The highest BCUT2D eigenvalue weighted by Crippen LogP contribution is 2.43. The van der Waals surface area contributed by atoms with Gasteiger partial charge in [0.1, 0.15) is 5.49 Å². The van der Waals surface area contributed by atoms with Crippen LogP contribution in [0.1, 0.15) is 30.1 Å². The van der Waals surface area contributed by atoms with Crippen LogP contribution in [0.2, 0.25) is 10.0 Å². The fraction of sp³-hybridized carbons (Fsp3) is 0.280. The predicted molar refractivity (Wildman–Crippen MR) is 140 cm³/mol. The molecule has 0 radical (unpaired) electrons. The van der Waals surface area contributed by atoms with E-state index in [-0.39, 0.29) is 33.0 Å². The second-order valence-electron chi connectivity index (χ2n) is 9.10. The summed E-state index contributed by atoms with van der Waals surface area (Å²) in [7, 11) is 0. The maximum Gasteiger partial charge on any atom is 0.333 e. The second-order valence-corrected chi connectivity index (χ2v) is 9.91. The third kappa shape index (κ3) is 3.84. The summed E-state index contributed by atoms with van der Waals surface area (Å²) in [4.78, 5) is 24.5. The molecule has 2 aromatic heterocycles. The Hall–Kier alpha value is -3.40. The van der Waals surface area contributed by atoms with Crippen molar-refractivity contribution < 1.29 is 4.74 Å². The fourth-order valence-corrected chi connectivity index (χ4v) is 5.68. The lowest BCUT2D eigenvalue weighted by molar-refractivity contribution is -0.0262. The summed E-state index contributed by atoms with van der Waals surface area (Å²) in [6.45, 7) is 3.75. The van der Waals surface area contributed by atoms with Crippen molar-refractivity contribution in [3.05, 3.63) is 73.7 Å². The molecule has 6 rings (SSSR count). The number of nitrogens with zero attached hydrogens (tertiary/aromatic N) is 3. The molecule has 0 amide bonds. The van der Waals surface area contributed by atoms with Crippen LogP contribution in [-0.2, 0) is 4.74 Å². The van der Waals surface area contributed by atoms with Crippen LogP contribution < -0.4 is 21.8 Å². The zero-order valence-corrected chi connectivity index (χ0v) is 20.9. The topological polar surface area (TPSA) is 121 Å². The van der Waals surface area contributed by atoms with E-state index in [1.165, 1.54) is 6.20 Å². The molecule has 1 saturated heterocycles. The zero-order valence-electron chi connectivity index (χ0n) is 19.4. The van der Waals surface area contributed by atoms with Crippen LogP contribution in [0, 0.1) is 18.3 Å². The molecule has 0 unspecified atom stereocenters. The number of rotatable bonds is 3. The van der Waals surface area contributed by atoms with Crippen LogP contribution >= 0.6 is 23.2 Å². The molecule has 36 heavy (non-hydrogen) atoms. The highest BCUT2D eigenvalue weighted by atomic mass is 35.5. The third-order valence-electron chi connectivity index (χ3n) is 6.77. The lowest BCUT2D eigenvalue weighted by Crippen LogP contribution is -2.34. The van der Waals surface area contributed by atoms with E-state index >= 15 is 0 Å². The van der Waals surface area contributed by atoms with Crippen molar-refractivity contribution in [2.75, 3.05) is 23.8 Å². The van der Waals surface area contributed by atoms with Gasteiger partial charge in [0.15, 0.2) is 5.65 Å². The normalized spacial score (nSPS) is 18.9. The van der Waals surface area contributed by atoms with E-state index < -0.39 is 5.69 Å². The number of ether oxygens (including phenoxy) is 1. The maximum absolute atomic E-state index is 12.9. The van der Waals surface area contributed by atoms with Crippen molar-refractivity contribution in [3.8, 4) is 5.69 Å². The Morgan fingerprint density at radius 1 is 1.25 bits per heavy atom. The van der Waals surface area contributed by atoms with E-state index in [9.17, 15) is 4.79 Å². The predicted octanol–water partition coefficient (Wildman–Crippen LogP) is 4.84.